The smallest absolute Gasteiger partial charge is 0.338 e. The van der Waals surface area contributed by atoms with E-state index in [1.165, 1.54) is 17.5 Å². The molecule has 110 valence electrons. The molecule has 21 heavy (non-hydrogen) atoms. The van der Waals surface area contributed by atoms with Gasteiger partial charge in [0.1, 0.15) is 0 Å². The lowest BCUT2D eigenvalue weighted by atomic mass is 10.1. The van der Waals surface area contributed by atoms with E-state index in [9.17, 15) is 4.79 Å². The highest BCUT2D eigenvalue weighted by Gasteiger charge is 2.15. The third kappa shape index (κ3) is 2.94. The molecule has 0 bridgehead atoms. The van der Waals surface area contributed by atoms with E-state index >= 15 is 0 Å². The van der Waals surface area contributed by atoms with Crippen molar-refractivity contribution in [2.75, 3.05) is 0 Å². The summed E-state index contributed by atoms with van der Waals surface area (Å²) in [5, 5.41) is 11.4. The first-order valence-electron chi connectivity index (χ1n) is 7.32. The van der Waals surface area contributed by atoms with Gasteiger partial charge >= 0.3 is 5.97 Å². The van der Waals surface area contributed by atoms with E-state index in [4.69, 9.17) is 4.74 Å². The number of fused-ring (bicyclic) bond motifs is 1. The monoisotopic (exact) mass is 286 g/mol. The second-order valence-corrected chi connectivity index (χ2v) is 5.23. The van der Waals surface area contributed by atoms with Crippen LogP contribution in [0.3, 0.4) is 0 Å². The summed E-state index contributed by atoms with van der Waals surface area (Å²) < 4.78 is 6.98. The standard InChI is InChI=1S/C15H18N4O2/c1-2-8-19-14(16-17-18-19)10-21-15(20)13-7-6-11-4-3-5-12(11)9-13/h6-7,9H,2-5,8,10H2,1H3. The Morgan fingerprint density at radius 1 is 1.33 bits per heavy atom. The quantitative estimate of drug-likeness (QED) is 0.785. The molecule has 0 saturated heterocycles. The summed E-state index contributed by atoms with van der Waals surface area (Å²) in [5.41, 5.74) is 3.21. The average molecular weight is 286 g/mol. The molecule has 1 aromatic carbocycles. The Morgan fingerprint density at radius 3 is 3.05 bits per heavy atom. The predicted molar refractivity (Wildman–Crippen MR) is 75.7 cm³/mol. The van der Waals surface area contributed by atoms with Crippen molar-refractivity contribution < 1.29 is 9.53 Å². The topological polar surface area (TPSA) is 69.9 Å². The Balaban J connectivity index is 1.65. The van der Waals surface area contributed by atoms with Gasteiger partial charge in [-0.05, 0) is 59.4 Å². The molecular weight excluding hydrogens is 268 g/mol. The summed E-state index contributed by atoms with van der Waals surface area (Å²) in [6, 6.07) is 5.81. The fraction of sp³-hybridized carbons (Fsp3) is 0.467. The normalized spacial score (nSPS) is 13.2. The van der Waals surface area contributed by atoms with Gasteiger partial charge in [-0.15, -0.1) is 5.10 Å². The van der Waals surface area contributed by atoms with Gasteiger partial charge in [-0.1, -0.05) is 13.0 Å². The van der Waals surface area contributed by atoms with E-state index in [2.05, 4.69) is 15.5 Å². The van der Waals surface area contributed by atoms with Crippen LogP contribution in [0.15, 0.2) is 18.2 Å². The number of hydrogen-bond acceptors (Lipinski definition) is 5. The summed E-state index contributed by atoms with van der Waals surface area (Å²) in [5.74, 6) is 0.252. The second kappa shape index (κ2) is 6.03. The van der Waals surface area contributed by atoms with E-state index in [0.717, 1.165) is 25.8 Å². The van der Waals surface area contributed by atoms with Gasteiger partial charge in [0.15, 0.2) is 12.4 Å². The largest absolute Gasteiger partial charge is 0.454 e. The molecule has 0 unspecified atom stereocenters. The Labute approximate surface area is 123 Å². The third-order valence-electron chi connectivity index (χ3n) is 3.71. The Morgan fingerprint density at radius 2 is 2.19 bits per heavy atom. The molecule has 1 aliphatic rings. The SMILES string of the molecule is CCCn1nnnc1COC(=O)c1ccc2c(c1)CCC2. The van der Waals surface area contributed by atoms with Gasteiger partial charge in [0.25, 0.3) is 0 Å². The lowest BCUT2D eigenvalue weighted by molar-refractivity contribution is 0.0456. The molecule has 0 aliphatic heterocycles. The molecule has 2 aromatic rings. The van der Waals surface area contributed by atoms with Gasteiger partial charge in [0, 0.05) is 6.54 Å². The van der Waals surface area contributed by atoms with Crippen LogP contribution in [0.4, 0.5) is 0 Å². The molecule has 0 spiro atoms. The molecular formula is C15H18N4O2. The van der Waals surface area contributed by atoms with Gasteiger partial charge in [-0.2, -0.15) is 0 Å². The van der Waals surface area contributed by atoms with E-state index in [0.29, 0.717) is 11.4 Å². The summed E-state index contributed by atoms with van der Waals surface area (Å²) in [6.45, 7) is 2.86. The second-order valence-electron chi connectivity index (χ2n) is 5.23. The predicted octanol–water partition coefficient (Wildman–Crippen LogP) is 1.93. The van der Waals surface area contributed by atoms with E-state index in [1.54, 1.807) is 4.68 Å². The molecule has 6 nitrogen and oxygen atoms in total. The van der Waals surface area contributed by atoms with Crippen molar-refractivity contribution in [3.05, 3.63) is 40.7 Å². The number of hydrogen-bond donors (Lipinski definition) is 0. The summed E-state index contributed by atoms with van der Waals surface area (Å²) >= 11 is 0. The van der Waals surface area contributed by atoms with Crippen LogP contribution in [0.5, 0.6) is 0 Å². The third-order valence-corrected chi connectivity index (χ3v) is 3.71. The fourth-order valence-corrected chi connectivity index (χ4v) is 2.62. The molecule has 6 heteroatoms. The lowest BCUT2D eigenvalue weighted by Crippen LogP contribution is -2.11. The molecule has 0 amide bonds. The van der Waals surface area contributed by atoms with Gasteiger partial charge < -0.3 is 4.74 Å². The number of rotatable bonds is 5. The van der Waals surface area contributed by atoms with Crippen LogP contribution < -0.4 is 0 Å². The van der Waals surface area contributed by atoms with Crippen molar-refractivity contribution in [2.45, 2.75) is 45.8 Å². The number of carbonyl (C=O) groups excluding carboxylic acids is 1. The molecule has 0 radical (unpaired) electrons. The van der Waals surface area contributed by atoms with Crippen LogP contribution in [-0.2, 0) is 30.7 Å². The van der Waals surface area contributed by atoms with Crippen molar-refractivity contribution in [3.63, 3.8) is 0 Å². The van der Waals surface area contributed by atoms with Gasteiger partial charge in [0.2, 0.25) is 0 Å². The minimum atomic E-state index is -0.323. The van der Waals surface area contributed by atoms with Crippen molar-refractivity contribution in [2.24, 2.45) is 0 Å². The number of aromatic nitrogens is 4. The van der Waals surface area contributed by atoms with Crippen LogP contribution in [-0.4, -0.2) is 26.2 Å². The zero-order valence-corrected chi connectivity index (χ0v) is 12.1. The fourth-order valence-electron chi connectivity index (χ4n) is 2.62. The van der Waals surface area contributed by atoms with E-state index < -0.39 is 0 Å². The first-order chi connectivity index (χ1) is 10.3. The molecule has 3 rings (SSSR count). The van der Waals surface area contributed by atoms with Crippen molar-refractivity contribution in [3.8, 4) is 0 Å². The minimum Gasteiger partial charge on any atom is -0.454 e. The molecule has 0 saturated carbocycles. The van der Waals surface area contributed by atoms with Crippen LogP contribution in [0.2, 0.25) is 0 Å². The minimum absolute atomic E-state index is 0.100. The van der Waals surface area contributed by atoms with E-state index in [-0.39, 0.29) is 12.6 Å². The van der Waals surface area contributed by atoms with Gasteiger partial charge in [0.05, 0.1) is 5.56 Å². The molecule has 0 N–H and O–H groups in total. The number of aryl methyl sites for hydroxylation is 3. The Bertz CT molecular complexity index is 651. The highest BCUT2D eigenvalue weighted by Crippen LogP contribution is 2.23. The first-order valence-corrected chi connectivity index (χ1v) is 7.32. The summed E-state index contributed by atoms with van der Waals surface area (Å²) in [6.07, 6.45) is 4.25. The molecule has 0 fully saturated rings. The van der Waals surface area contributed by atoms with Crippen LogP contribution in [0.25, 0.3) is 0 Å². The van der Waals surface area contributed by atoms with Gasteiger partial charge in [-0.3, -0.25) is 0 Å². The van der Waals surface area contributed by atoms with Gasteiger partial charge in [-0.25, -0.2) is 9.48 Å². The lowest BCUT2D eigenvalue weighted by Gasteiger charge is -2.06. The summed E-state index contributed by atoms with van der Waals surface area (Å²) in [4.78, 5) is 12.1. The van der Waals surface area contributed by atoms with Crippen LogP contribution in [0, 0.1) is 0 Å². The average Bonchev–Trinajstić information content (AvgIpc) is 3.13. The highest BCUT2D eigenvalue weighted by atomic mass is 16.5. The summed E-state index contributed by atoms with van der Waals surface area (Å²) in [7, 11) is 0. The number of tetrazole rings is 1. The first kappa shape index (κ1) is 13.7. The van der Waals surface area contributed by atoms with Crippen molar-refractivity contribution >= 4 is 5.97 Å². The highest BCUT2D eigenvalue weighted by molar-refractivity contribution is 5.89. The molecule has 0 atom stereocenters. The number of esters is 1. The zero-order valence-electron chi connectivity index (χ0n) is 12.1. The Kier molecular flexibility index (Phi) is 3.94. The van der Waals surface area contributed by atoms with E-state index in [1.807, 2.05) is 25.1 Å². The van der Waals surface area contributed by atoms with Crippen LogP contribution >= 0.6 is 0 Å². The van der Waals surface area contributed by atoms with Crippen molar-refractivity contribution in [1.82, 2.24) is 20.2 Å². The Hall–Kier alpha value is -2.24. The molecule has 1 aromatic heterocycles. The zero-order chi connectivity index (χ0) is 14.7. The molecule has 1 heterocycles. The number of benzene rings is 1. The molecule has 1 aliphatic carbocycles. The number of ether oxygens (including phenoxy) is 1. The van der Waals surface area contributed by atoms with Crippen LogP contribution in [0.1, 0.15) is 47.1 Å². The maximum atomic E-state index is 12.1. The van der Waals surface area contributed by atoms with Crippen molar-refractivity contribution in [1.29, 1.82) is 0 Å². The maximum absolute atomic E-state index is 12.1. The number of carbonyl (C=O) groups is 1. The maximum Gasteiger partial charge on any atom is 0.338 e. The number of nitrogens with zero attached hydrogens (tertiary/aromatic N) is 4.